The second kappa shape index (κ2) is 6.10. The molecule has 0 N–H and O–H groups in total. The lowest BCUT2D eigenvalue weighted by atomic mass is 10.1. The third-order valence-corrected chi connectivity index (χ3v) is 2.57. The van der Waals surface area contributed by atoms with Gasteiger partial charge in [-0.15, -0.1) is 0 Å². The molecule has 0 aliphatic rings. The first-order chi connectivity index (χ1) is 7.99. The van der Waals surface area contributed by atoms with Crippen LogP contribution in [0.1, 0.15) is 17.5 Å². The molecule has 94 valence electrons. The summed E-state index contributed by atoms with van der Waals surface area (Å²) in [5, 5.41) is 0.821. The Morgan fingerprint density at radius 2 is 2.06 bits per heavy atom. The van der Waals surface area contributed by atoms with Crippen molar-refractivity contribution >= 4 is 22.0 Å². The minimum atomic E-state index is -4.39. The zero-order valence-electron chi connectivity index (χ0n) is 9.22. The molecule has 0 aliphatic heterocycles. The van der Waals surface area contributed by atoms with E-state index in [-0.39, 0.29) is 5.75 Å². The number of allylic oxidation sites excluding steroid dienone is 1. The predicted octanol–water partition coefficient (Wildman–Crippen LogP) is 4.51. The van der Waals surface area contributed by atoms with Crippen LogP contribution < -0.4 is 4.74 Å². The van der Waals surface area contributed by atoms with Crippen LogP contribution in [-0.4, -0.2) is 12.4 Å². The van der Waals surface area contributed by atoms with E-state index < -0.39 is 11.7 Å². The lowest BCUT2D eigenvalue weighted by molar-refractivity contribution is -0.138. The van der Waals surface area contributed by atoms with E-state index in [1.165, 1.54) is 19.2 Å². The molecule has 0 bridgehead atoms. The molecule has 1 nitrogen and oxygen atoms in total. The maximum absolute atomic E-state index is 12.6. The Hall–Kier alpha value is -0.970. The Bertz CT molecular complexity index is 399. The van der Waals surface area contributed by atoms with Crippen LogP contribution in [0.3, 0.4) is 0 Å². The zero-order chi connectivity index (χ0) is 12.9. The average Bonchev–Trinajstić information content (AvgIpc) is 2.28. The van der Waals surface area contributed by atoms with Crippen molar-refractivity contribution in [3.8, 4) is 5.75 Å². The maximum Gasteiger partial charge on any atom is 0.419 e. The molecular formula is C12H12BrF3O. The fourth-order valence-electron chi connectivity index (χ4n) is 1.33. The van der Waals surface area contributed by atoms with E-state index in [2.05, 4.69) is 15.9 Å². The van der Waals surface area contributed by atoms with Crippen LogP contribution in [0.4, 0.5) is 13.2 Å². The van der Waals surface area contributed by atoms with Crippen LogP contribution in [0.15, 0.2) is 24.3 Å². The van der Waals surface area contributed by atoms with Gasteiger partial charge in [-0.1, -0.05) is 34.1 Å². The van der Waals surface area contributed by atoms with Crippen molar-refractivity contribution in [1.82, 2.24) is 0 Å². The second-order valence-corrected chi connectivity index (χ2v) is 4.13. The summed E-state index contributed by atoms with van der Waals surface area (Å²) in [6.07, 6.45) is 0.0908. The Labute approximate surface area is 106 Å². The molecule has 0 saturated heterocycles. The minimum Gasteiger partial charge on any atom is -0.496 e. The molecule has 1 rings (SSSR count). The van der Waals surface area contributed by atoms with Gasteiger partial charge in [0.15, 0.2) is 0 Å². The number of methoxy groups -OCH3 is 1. The molecule has 0 amide bonds. The van der Waals surface area contributed by atoms with Crippen LogP contribution in [0, 0.1) is 0 Å². The van der Waals surface area contributed by atoms with Crippen LogP contribution >= 0.6 is 15.9 Å². The Morgan fingerprint density at radius 3 is 2.59 bits per heavy atom. The van der Waals surface area contributed by atoms with Gasteiger partial charge in [-0.2, -0.15) is 13.2 Å². The van der Waals surface area contributed by atoms with E-state index in [0.29, 0.717) is 5.56 Å². The fraction of sp³-hybridized carbons (Fsp3) is 0.333. The first-order valence-corrected chi connectivity index (χ1v) is 6.09. The number of ether oxygens (including phenoxy) is 1. The van der Waals surface area contributed by atoms with Crippen LogP contribution in [-0.2, 0) is 6.18 Å². The SMILES string of the molecule is COc1cc(C=CCCBr)ccc1C(F)(F)F. The molecule has 5 heteroatoms. The van der Waals surface area contributed by atoms with Gasteiger partial charge in [0.25, 0.3) is 0 Å². The summed E-state index contributed by atoms with van der Waals surface area (Å²) in [4.78, 5) is 0. The van der Waals surface area contributed by atoms with Crippen LogP contribution in [0.2, 0.25) is 0 Å². The number of rotatable bonds is 4. The summed E-state index contributed by atoms with van der Waals surface area (Å²) < 4.78 is 42.5. The van der Waals surface area contributed by atoms with E-state index in [4.69, 9.17) is 4.74 Å². The van der Waals surface area contributed by atoms with Crippen molar-refractivity contribution in [2.75, 3.05) is 12.4 Å². The Kier molecular flexibility index (Phi) is 5.05. The van der Waals surface area contributed by atoms with Gasteiger partial charge >= 0.3 is 6.18 Å². The molecule has 0 spiro atoms. The summed E-state index contributed by atoms with van der Waals surface area (Å²) in [5.41, 5.74) is -0.0616. The molecule has 17 heavy (non-hydrogen) atoms. The van der Waals surface area contributed by atoms with E-state index >= 15 is 0 Å². The smallest absolute Gasteiger partial charge is 0.419 e. The van der Waals surface area contributed by atoms with Crippen molar-refractivity contribution in [2.24, 2.45) is 0 Å². The molecular weight excluding hydrogens is 297 g/mol. The summed E-state index contributed by atoms with van der Waals surface area (Å²) in [5.74, 6) is -0.154. The van der Waals surface area contributed by atoms with Gasteiger partial charge in [-0.05, 0) is 24.1 Å². The van der Waals surface area contributed by atoms with Gasteiger partial charge < -0.3 is 4.74 Å². The highest BCUT2D eigenvalue weighted by atomic mass is 79.9. The standard InChI is InChI=1S/C12H12BrF3O/c1-17-11-8-9(4-2-3-7-13)5-6-10(11)12(14,15)16/h2,4-6,8H,3,7H2,1H3. The van der Waals surface area contributed by atoms with Gasteiger partial charge in [0.1, 0.15) is 5.75 Å². The highest BCUT2D eigenvalue weighted by Gasteiger charge is 2.34. The first kappa shape index (κ1) is 14.1. The van der Waals surface area contributed by atoms with Gasteiger partial charge in [-0.25, -0.2) is 0 Å². The highest BCUT2D eigenvalue weighted by Crippen LogP contribution is 2.36. The van der Waals surface area contributed by atoms with Gasteiger partial charge in [0, 0.05) is 5.33 Å². The van der Waals surface area contributed by atoms with Crippen molar-refractivity contribution in [3.63, 3.8) is 0 Å². The van der Waals surface area contributed by atoms with Crippen LogP contribution in [0.5, 0.6) is 5.75 Å². The molecule has 1 aromatic carbocycles. The van der Waals surface area contributed by atoms with Crippen molar-refractivity contribution in [2.45, 2.75) is 12.6 Å². The van der Waals surface area contributed by atoms with Crippen molar-refractivity contribution in [3.05, 3.63) is 35.4 Å². The number of alkyl halides is 4. The number of hydrogen-bond donors (Lipinski definition) is 0. The Morgan fingerprint density at radius 1 is 1.35 bits per heavy atom. The van der Waals surface area contributed by atoms with E-state index in [1.807, 2.05) is 6.08 Å². The lowest BCUT2D eigenvalue weighted by Gasteiger charge is -2.12. The average molecular weight is 309 g/mol. The van der Waals surface area contributed by atoms with E-state index in [1.54, 1.807) is 6.08 Å². The fourth-order valence-corrected chi connectivity index (χ4v) is 1.59. The molecule has 1 aromatic rings. The minimum absolute atomic E-state index is 0.154. The van der Waals surface area contributed by atoms with Gasteiger partial charge in [-0.3, -0.25) is 0 Å². The summed E-state index contributed by atoms with van der Waals surface area (Å²) in [6.45, 7) is 0. The van der Waals surface area contributed by atoms with Gasteiger partial charge in [0.2, 0.25) is 0 Å². The van der Waals surface area contributed by atoms with E-state index in [9.17, 15) is 13.2 Å². The quantitative estimate of drug-likeness (QED) is 0.744. The summed E-state index contributed by atoms with van der Waals surface area (Å²) >= 11 is 3.26. The molecule has 0 radical (unpaired) electrons. The molecule has 0 atom stereocenters. The summed E-state index contributed by atoms with van der Waals surface area (Å²) in [7, 11) is 1.23. The predicted molar refractivity (Wildman–Crippen MR) is 65.4 cm³/mol. The molecule has 0 saturated carbocycles. The second-order valence-electron chi connectivity index (χ2n) is 3.34. The van der Waals surface area contributed by atoms with Gasteiger partial charge in [0.05, 0.1) is 12.7 Å². The number of benzene rings is 1. The Balaban J connectivity index is 3.01. The van der Waals surface area contributed by atoms with Crippen LogP contribution in [0.25, 0.3) is 6.08 Å². The molecule has 0 heterocycles. The van der Waals surface area contributed by atoms with Crippen molar-refractivity contribution in [1.29, 1.82) is 0 Å². The first-order valence-electron chi connectivity index (χ1n) is 4.96. The lowest BCUT2D eigenvalue weighted by Crippen LogP contribution is -2.07. The molecule has 0 fully saturated rings. The molecule has 0 aliphatic carbocycles. The van der Waals surface area contributed by atoms with Crippen molar-refractivity contribution < 1.29 is 17.9 Å². The third kappa shape index (κ3) is 4.07. The zero-order valence-corrected chi connectivity index (χ0v) is 10.8. The monoisotopic (exact) mass is 308 g/mol. The number of hydrogen-bond acceptors (Lipinski definition) is 1. The molecule has 0 unspecified atom stereocenters. The largest absolute Gasteiger partial charge is 0.496 e. The highest BCUT2D eigenvalue weighted by molar-refractivity contribution is 9.09. The maximum atomic E-state index is 12.6. The topological polar surface area (TPSA) is 9.23 Å². The molecule has 0 aromatic heterocycles. The normalized spacial score (nSPS) is 12.1. The number of halogens is 4. The summed E-state index contributed by atoms with van der Waals surface area (Å²) in [6, 6.07) is 3.84. The van der Waals surface area contributed by atoms with E-state index in [0.717, 1.165) is 17.8 Å². The third-order valence-electron chi connectivity index (χ3n) is 2.12.